The maximum atomic E-state index is 10.6. The minimum Gasteiger partial charge on any atom is -0.392 e. The Hall–Kier alpha value is -0.900. The molecule has 0 amide bonds. The van der Waals surface area contributed by atoms with E-state index in [4.69, 9.17) is 4.74 Å². The molecule has 0 radical (unpaired) electrons. The fourth-order valence-corrected chi connectivity index (χ4v) is 0.490. The predicted molar refractivity (Wildman–Crippen MR) is 37.9 cm³/mol. The highest BCUT2D eigenvalue weighted by atomic mass is 16.6. The molecule has 0 aromatic heterocycles. The molecule has 0 heterocycles. The summed E-state index contributed by atoms with van der Waals surface area (Å²) in [5.74, 6) is -1.24. The van der Waals surface area contributed by atoms with Gasteiger partial charge in [0.2, 0.25) is 0 Å². The second-order valence-corrected chi connectivity index (χ2v) is 2.02. The third-order valence-electron chi connectivity index (χ3n) is 0.826. The lowest BCUT2D eigenvalue weighted by molar-refractivity contribution is -0.161. The van der Waals surface area contributed by atoms with Crippen LogP contribution in [0.1, 0.15) is 20.3 Å². The van der Waals surface area contributed by atoms with Gasteiger partial charge in [0.15, 0.2) is 0 Å². The Morgan fingerprint density at radius 3 is 2.45 bits per heavy atom. The second-order valence-electron chi connectivity index (χ2n) is 2.02. The first kappa shape index (κ1) is 10.1. The van der Waals surface area contributed by atoms with Crippen molar-refractivity contribution in [2.75, 3.05) is 13.2 Å². The number of carbonyl (C=O) groups is 2. The van der Waals surface area contributed by atoms with Crippen molar-refractivity contribution in [2.45, 2.75) is 20.3 Å². The first-order chi connectivity index (χ1) is 5.16. The maximum absolute atomic E-state index is 10.6. The van der Waals surface area contributed by atoms with Gasteiger partial charge in [-0.3, -0.25) is 4.79 Å². The highest BCUT2D eigenvalue weighted by molar-refractivity contribution is 5.84. The van der Waals surface area contributed by atoms with Crippen molar-refractivity contribution in [1.29, 1.82) is 0 Å². The average molecular weight is 160 g/mol. The Bertz CT molecular complexity index is 141. The van der Waals surface area contributed by atoms with Crippen molar-refractivity contribution in [1.82, 2.24) is 0 Å². The van der Waals surface area contributed by atoms with Gasteiger partial charge < -0.3 is 9.47 Å². The molecule has 0 bridgehead atoms. The summed E-state index contributed by atoms with van der Waals surface area (Å²) in [6.45, 7) is 3.47. The average Bonchev–Trinajstić information content (AvgIpc) is 1.86. The highest BCUT2D eigenvalue weighted by Crippen LogP contribution is 1.84. The lowest BCUT2D eigenvalue weighted by atomic mass is 10.5. The molecule has 4 heteroatoms. The van der Waals surface area contributed by atoms with Crippen LogP contribution in [0.3, 0.4) is 0 Å². The van der Waals surface area contributed by atoms with Crippen LogP contribution in [0.4, 0.5) is 0 Å². The summed E-state index contributed by atoms with van der Waals surface area (Å²) in [7, 11) is 0. The molecule has 0 spiro atoms. The molecule has 0 aliphatic heterocycles. The maximum Gasteiger partial charge on any atom is 0.339 e. The van der Waals surface area contributed by atoms with Crippen molar-refractivity contribution in [2.24, 2.45) is 0 Å². The van der Waals surface area contributed by atoms with E-state index < -0.39 is 11.9 Å². The van der Waals surface area contributed by atoms with Crippen molar-refractivity contribution < 1.29 is 19.1 Å². The minimum absolute atomic E-state index is 0.145. The molecule has 0 aromatic rings. The van der Waals surface area contributed by atoms with Crippen LogP contribution in [-0.2, 0) is 19.1 Å². The highest BCUT2D eigenvalue weighted by Gasteiger charge is 2.04. The minimum atomic E-state index is -0.633. The molecule has 0 saturated heterocycles. The van der Waals surface area contributed by atoms with Crippen molar-refractivity contribution >= 4 is 11.9 Å². The van der Waals surface area contributed by atoms with Crippen LogP contribution in [0.15, 0.2) is 0 Å². The third-order valence-corrected chi connectivity index (χ3v) is 0.826. The monoisotopic (exact) mass is 160 g/mol. The molecule has 0 fully saturated rings. The summed E-state index contributed by atoms with van der Waals surface area (Å²) in [5, 5.41) is 0. The van der Waals surface area contributed by atoms with Gasteiger partial charge in [-0.2, -0.15) is 0 Å². The molecule has 0 aromatic carbocycles. The summed E-state index contributed by atoms with van der Waals surface area (Å²) in [5.41, 5.74) is 0. The van der Waals surface area contributed by atoms with E-state index in [1.165, 1.54) is 6.92 Å². The summed E-state index contributed by atoms with van der Waals surface area (Å²) < 4.78 is 9.01. The van der Waals surface area contributed by atoms with Crippen LogP contribution in [0, 0.1) is 0 Å². The number of rotatable bonds is 4. The lowest BCUT2D eigenvalue weighted by Crippen LogP contribution is -2.15. The fourth-order valence-electron chi connectivity index (χ4n) is 0.490. The normalized spacial score (nSPS) is 9.27. The van der Waals surface area contributed by atoms with Gasteiger partial charge in [-0.15, -0.1) is 0 Å². The number of hydrogen-bond acceptors (Lipinski definition) is 4. The van der Waals surface area contributed by atoms with Crippen LogP contribution < -0.4 is 0 Å². The van der Waals surface area contributed by atoms with Crippen LogP contribution >= 0.6 is 0 Å². The van der Waals surface area contributed by atoms with Gasteiger partial charge in [0.05, 0.1) is 0 Å². The number of esters is 2. The number of carbonyl (C=O) groups excluding carboxylic acids is 2. The summed E-state index contributed by atoms with van der Waals surface area (Å²) in [6.07, 6.45) is 0.841. The van der Waals surface area contributed by atoms with E-state index >= 15 is 0 Å². The first-order valence-corrected chi connectivity index (χ1v) is 3.45. The van der Waals surface area contributed by atoms with Gasteiger partial charge in [-0.25, -0.2) is 4.79 Å². The van der Waals surface area contributed by atoms with Gasteiger partial charge in [0, 0.05) is 13.5 Å². The Morgan fingerprint density at radius 2 is 2.00 bits per heavy atom. The Kier molecular flexibility index (Phi) is 5.37. The van der Waals surface area contributed by atoms with Gasteiger partial charge in [-0.05, 0) is 6.42 Å². The molecule has 64 valence electrons. The van der Waals surface area contributed by atoms with Crippen molar-refractivity contribution in [3.63, 3.8) is 0 Å². The second kappa shape index (κ2) is 5.85. The van der Waals surface area contributed by atoms with E-state index in [0.29, 0.717) is 6.61 Å². The Labute approximate surface area is 65.5 Å². The molecule has 0 N–H and O–H groups in total. The number of hydrogen-bond donors (Lipinski definition) is 0. The summed E-state index contributed by atoms with van der Waals surface area (Å²) in [4.78, 5) is 20.7. The van der Waals surface area contributed by atoms with Crippen LogP contribution in [0.5, 0.6) is 0 Å². The van der Waals surface area contributed by atoms with Crippen molar-refractivity contribution in [3.05, 3.63) is 0 Å². The quantitative estimate of drug-likeness (QED) is 0.341. The van der Waals surface area contributed by atoms with Gasteiger partial charge in [0.1, 0.15) is 6.61 Å². The third kappa shape index (κ3) is 6.99. The molecule has 0 rings (SSSR count). The van der Waals surface area contributed by atoms with E-state index in [0.717, 1.165) is 6.42 Å². The van der Waals surface area contributed by atoms with Crippen molar-refractivity contribution in [3.8, 4) is 0 Å². The molecule has 0 aliphatic carbocycles. The SMILES string of the molecule is CCCOCC(=O)OC(C)=O. The van der Waals surface area contributed by atoms with E-state index in [9.17, 15) is 9.59 Å². The molecule has 0 saturated carbocycles. The summed E-state index contributed by atoms with van der Waals surface area (Å²) in [6, 6.07) is 0. The molecular formula is C7H12O4. The smallest absolute Gasteiger partial charge is 0.339 e. The van der Waals surface area contributed by atoms with E-state index in [-0.39, 0.29) is 6.61 Å². The first-order valence-electron chi connectivity index (χ1n) is 3.45. The standard InChI is InChI=1S/C7H12O4/c1-3-4-10-5-7(9)11-6(2)8/h3-5H2,1-2H3. The van der Waals surface area contributed by atoms with Crippen LogP contribution in [0.25, 0.3) is 0 Å². The topological polar surface area (TPSA) is 52.6 Å². The molecular weight excluding hydrogens is 148 g/mol. The van der Waals surface area contributed by atoms with Gasteiger partial charge >= 0.3 is 11.9 Å². The Morgan fingerprint density at radius 1 is 1.36 bits per heavy atom. The zero-order valence-corrected chi connectivity index (χ0v) is 6.75. The fraction of sp³-hybridized carbons (Fsp3) is 0.714. The Balaban J connectivity index is 3.30. The van der Waals surface area contributed by atoms with Crippen LogP contribution in [0.2, 0.25) is 0 Å². The van der Waals surface area contributed by atoms with E-state index in [1.54, 1.807) is 0 Å². The molecule has 0 unspecified atom stereocenters. The van der Waals surface area contributed by atoms with Crippen LogP contribution in [-0.4, -0.2) is 25.2 Å². The molecule has 0 atom stereocenters. The number of ether oxygens (including phenoxy) is 2. The summed E-state index contributed by atoms with van der Waals surface area (Å²) >= 11 is 0. The van der Waals surface area contributed by atoms with Gasteiger partial charge in [0.25, 0.3) is 0 Å². The van der Waals surface area contributed by atoms with Gasteiger partial charge in [-0.1, -0.05) is 6.92 Å². The largest absolute Gasteiger partial charge is 0.392 e. The molecule has 11 heavy (non-hydrogen) atoms. The lowest BCUT2D eigenvalue weighted by Gasteiger charge is -1.99. The zero-order chi connectivity index (χ0) is 8.69. The zero-order valence-electron chi connectivity index (χ0n) is 6.75. The predicted octanol–water partition coefficient (Wildman–Crippen LogP) is 0.503. The van der Waals surface area contributed by atoms with E-state index in [1.807, 2.05) is 6.92 Å². The molecule has 0 aliphatic rings. The molecule has 4 nitrogen and oxygen atoms in total. The van der Waals surface area contributed by atoms with E-state index in [2.05, 4.69) is 4.74 Å².